The molecule has 0 bridgehead atoms. The van der Waals surface area contributed by atoms with Crippen LogP contribution in [0.3, 0.4) is 0 Å². The highest BCUT2D eigenvalue weighted by Crippen LogP contribution is 2.37. The van der Waals surface area contributed by atoms with Gasteiger partial charge in [-0.15, -0.1) is 0 Å². The summed E-state index contributed by atoms with van der Waals surface area (Å²) in [6, 6.07) is 26.3. The molecule has 1 amide bonds. The zero-order chi connectivity index (χ0) is 24.3. The molecule has 6 heteroatoms. The lowest BCUT2D eigenvalue weighted by atomic mass is 10.1. The van der Waals surface area contributed by atoms with Crippen molar-refractivity contribution < 1.29 is 18.7 Å². The van der Waals surface area contributed by atoms with E-state index in [9.17, 15) is 14.3 Å². The lowest BCUT2D eigenvalue weighted by molar-refractivity contribution is 0.128. The normalized spacial score (nSPS) is 16.4. The Morgan fingerprint density at radius 3 is 1.97 bits per heavy atom. The number of carboxylic acid groups (broad SMARTS) is 1. The van der Waals surface area contributed by atoms with Crippen molar-refractivity contribution in [3.8, 4) is 0 Å². The second-order valence-corrected chi connectivity index (χ2v) is 14.0. The van der Waals surface area contributed by atoms with Crippen molar-refractivity contribution in [2.75, 3.05) is 13.2 Å². The molecular formula is C28H30FNO3Si. The first kappa shape index (κ1) is 23.9. The molecule has 0 radical (unpaired) electrons. The summed E-state index contributed by atoms with van der Waals surface area (Å²) in [5, 5.41) is 12.0. The van der Waals surface area contributed by atoms with Crippen molar-refractivity contribution in [1.82, 2.24) is 4.90 Å². The number of hydrogen-bond donors (Lipinski definition) is 1. The molecule has 1 heterocycles. The number of benzene rings is 3. The van der Waals surface area contributed by atoms with Gasteiger partial charge < -0.3 is 9.53 Å². The molecular weight excluding hydrogens is 445 g/mol. The van der Waals surface area contributed by atoms with Crippen molar-refractivity contribution in [2.24, 2.45) is 0 Å². The molecule has 3 aromatic carbocycles. The van der Waals surface area contributed by atoms with Gasteiger partial charge in [-0.1, -0.05) is 99.6 Å². The van der Waals surface area contributed by atoms with Gasteiger partial charge in [0.15, 0.2) is 0 Å². The minimum Gasteiger partial charge on any atom is -0.465 e. The molecule has 4 nitrogen and oxygen atoms in total. The average molecular weight is 476 g/mol. The number of hydrogen-bond acceptors (Lipinski definition) is 2. The highest BCUT2D eigenvalue weighted by atomic mass is 28.4. The maximum Gasteiger partial charge on any atom is 0.408 e. The van der Waals surface area contributed by atoms with Crippen LogP contribution in [0.15, 0.2) is 91.0 Å². The summed E-state index contributed by atoms with van der Waals surface area (Å²) in [6.45, 7) is 7.08. The Balaban J connectivity index is 1.73. The van der Waals surface area contributed by atoms with E-state index in [2.05, 4.69) is 45.0 Å². The van der Waals surface area contributed by atoms with Crippen LogP contribution in [-0.4, -0.2) is 43.6 Å². The molecule has 1 aliphatic rings. The van der Waals surface area contributed by atoms with Gasteiger partial charge in [0.1, 0.15) is 5.82 Å². The van der Waals surface area contributed by atoms with E-state index in [1.165, 1.54) is 17.0 Å². The van der Waals surface area contributed by atoms with Crippen LogP contribution in [0.5, 0.6) is 0 Å². The fraction of sp³-hybridized carbons (Fsp3) is 0.250. The Hall–Kier alpha value is -3.22. The first-order valence-corrected chi connectivity index (χ1v) is 13.3. The third-order valence-electron chi connectivity index (χ3n) is 6.48. The Kier molecular flexibility index (Phi) is 6.73. The van der Waals surface area contributed by atoms with Crippen molar-refractivity contribution in [1.29, 1.82) is 0 Å². The van der Waals surface area contributed by atoms with E-state index in [0.717, 1.165) is 21.5 Å². The number of rotatable bonds is 6. The molecule has 4 rings (SSSR count). The molecule has 0 spiro atoms. The van der Waals surface area contributed by atoms with E-state index in [1.54, 1.807) is 12.1 Å². The van der Waals surface area contributed by atoms with Gasteiger partial charge in [-0.05, 0) is 38.7 Å². The van der Waals surface area contributed by atoms with Gasteiger partial charge in [-0.25, -0.2) is 9.18 Å². The SMILES string of the molecule is CC(C)(C)[Si](OC[C@@H]1C=C(c2ccc(F)cc2)CN1C(=O)O)(c1ccccc1)c1ccccc1. The molecule has 0 unspecified atom stereocenters. The number of nitrogens with zero attached hydrogens (tertiary/aromatic N) is 1. The number of carbonyl (C=O) groups is 1. The average Bonchev–Trinajstić information content (AvgIpc) is 3.25. The van der Waals surface area contributed by atoms with Gasteiger partial charge >= 0.3 is 6.09 Å². The number of amides is 1. The van der Waals surface area contributed by atoms with Gasteiger partial charge in [0, 0.05) is 0 Å². The summed E-state index contributed by atoms with van der Waals surface area (Å²) in [6.07, 6.45) is 0.948. The third kappa shape index (κ3) is 4.56. The molecule has 0 saturated heterocycles. The Bertz CT molecular complexity index is 1120. The molecule has 0 aromatic heterocycles. The van der Waals surface area contributed by atoms with Crippen LogP contribution in [0.1, 0.15) is 26.3 Å². The van der Waals surface area contributed by atoms with Crippen molar-refractivity contribution in [2.45, 2.75) is 31.9 Å². The zero-order valence-electron chi connectivity index (χ0n) is 19.7. The standard InChI is InChI=1S/C28H30FNO3Si/c1-28(2,3)34(25-10-6-4-7-11-25,26-12-8-5-9-13-26)33-20-24-18-22(19-30(24)27(31)32)21-14-16-23(29)17-15-21/h4-18,24H,19-20H2,1-3H3,(H,31,32)/t24-/m0/s1. The predicted octanol–water partition coefficient (Wildman–Crippen LogP) is 5.15. The monoisotopic (exact) mass is 475 g/mol. The maximum absolute atomic E-state index is 13.4. The van der Waals surface area contributed by atoms with Crippen molar-refractivity contribution >= 4 is 30.4 Å². The van der Waals surface area contributed by atoms with Crippen LogP contribution in [0.2, 0.25) is 5.04 Å². The first-order valence-electron chi connectivity index (χ1n) is 11.4. The highest BCUT2D eigenvalue weighted by molar-refractivity contribution is 6.99. The van der Waals surface area contributed by atoms with E-state index >= 15 is 0 Å². The Labute approximate surface area is 201 Å². The van der Waals surface area contributed by atoms with Gasteiger partial charge in [-0.2, -0.15) is 0 Å². The second kappa shape index (κ2) is 9.56. The van der Waals surface area contributed by atoms with Crippen LogP contribution < -0.4 is 10.4 Å². The summed E-state index contributed by atoms with van der Waals surface area (Å²) in [5.41, 5.74) is 1.68. The van der Waals surface area contributed by atoms with Crippen LogP contribution in [0, 0.1) is 5.82 Å². The molecule has 1 atom stereocenters. The molecule has 176 valence electrons. The van der Waals surface area contributed by atoms with Crippen LogP contribution >= 0.6 is 0 Å². The van der Waals surface area contributed by atoms with Crippen molar-refractivity contribution in [3.63, 3.8) is 0 Å². The lowest BCUT2D eigenvalue weighted by Crippen LogP contribution is -2.67. The summed E-state index contributed by atoms with van der Waals surface area (Å²) in [4.78, 5) is 13.5. The highest BCUT2D eigenvalue weighted by Gasteiger charge is 2.50. The Morgan fingerprint density at radius 1 is 0.971 bits per heavy atom. The number of halogens is 1. The fourth-order valence-electron chi connectivity index (χ4n) is 4.85. The van der Waals surface area contributed by atoms with E-state index in [-0.39, 0.29) is 24.0 Å². The van der Waals surface area contributed by atoms with Gasteiger partial charge in [-0.3, -0.25) is 4.90 Å². The molecule has 1 N–H and O–H groups in total. The third-order valence-corrected chi connectivity index (χ3v) is 11.5. The molecule has 3 aromatic rings. The van der Waals surface area contributed by atoms with Crippen LogP contribution in [0.4, 0.5) is 9.18 Å². The van der Waals surface area contributed by atoms with E-state index in [1.807, 2.05) is 42.5 Å². The minimum absolute atomic E-state index is 0.203. The smallest absolute Gasteiger partial charge is 0.408 e. The van der Waals surface area contributed by atoms with E-state index < -0.39 is 20.5 Å². The Morgan fingerprint density at radius 2 is 1.50 bits per heavy atom. The first-order chi connectivity index (χ1) is 16.2. The summed E-state index contributed by atoms with van der Waals surface area (Å²) in [5.74, 6) is -0.316. The van der Waals surface area contributed by atoms with Crippen LogP contribution in [0.25, 0.3) is 5.57 Å². The van der Waals surface area contributed by atoms with Gasteiger partial charge in [0.2, 0.25) is 0 Å². The van der Waals surface area contributed by atoms with Gasteiger partial charge in [0.25, 0.3) is 8.32 Å². The minimum atomic E-state index is -2.79. The molecule has 0 fully saturated rings. The van der Waals surface area contributed by atoms with Crippen LogP contribution in [-0.2, 0) is 4.43 Å². The summed E-state index contributed by atoms with van der Waals surface area (Å²) in [7, 11) is -2.79. The molecule has 0 aliphatic carbocycles. The zero-order valence-corrected chi connectivity index (χ0v) is 20.7. The predicted molar refractivity (Wildman–Crippen MR) is 136 cm³/mol. The molecule has 34 heavy (non-hydrogen) atoms. The summed E-state index contributed by atoms with van der Waals surface area (Å²) >= 11 is 0. The molecule has 0 saturated carbocycles. The lowest BCUT2D eigenvalue weighted by Gasteiger charge is -2.43. The van der Waals surface area contributed by atoms with E-state index in [0.29, 0.717) is 0 Å². The maximum atomic E-state index is 13.4. The fourth-order valence-corrected chi connectivity index (χ4v) is 9.42. The van der Waals surface area contributed by atoms with E-state index in [4.69, 9.17) is 4.43 Å². The topological polar surface area (TPSA) is 49.8 Å². The second-order valence-electron chi connectivity index (χ2n) is 9.65. The quantitative estimate of drug-likeness (QED) is 0.502. The largest absolute Gasteiger partial charge is 0.465 e. The molecule has 1 aliphatic heterocycles. The van der Waals surface area contributed by atoms with Crippen molar-refractivity contribution in [3.05, 3.63) is 102 Å². The summed E-state index contributed by atoms with van der Waals surface area (Å²) < 4.78 is 20.4. The van der Waals surface area contributed by atoms with Gasteiger partial charge in [0.05, 0.1) is 19.2 Å².